The van der Waals surface area contributed by atoms with Crippen LogP contribution in [0.4, 0.5) is 0 Å². The molecule has 0 aliphatic heterocycles. The number of thioether (sulfide) groups is 1. The fraction of sp³-hybridized carbons (Fsp3) is 0.214. The van der Waals surface area contributed by atoms with E-state index in [2.05, 4.69) is 6.58 Å². The predicted molar refractivity (Wildman–Crippen MR) is 71.8 cm³/mol. The highest BCUT2D eigenvalue weighted by atomic mass is 32.2. The summed E-state index contributed by atoms with van der Waals surface area (Å²) in [5, 5.41) is 0. The van der Waals surface area contributed by atoms with E-state index in [1.165, 1.54) is 17.8 Å². The summed E-state index contributed by atoms with van der Waals surface area (Å²) in [6.07, 6.45) is 1.49. The second-order valence-electron chi connectivity index (χ2n) is 3.46. The van der Waals surface area contributed by atoms with Crippen molar-refractivity contribution in [2.24, 2.45) is 0 Å². The molecule has 0 atom stereocenters. The predicted octanol–water partition coefficient (Wildman–Crippen LogP) is 3.80. The standard InChI is InChI=1S/C14H16O2S/c1-4-16-14(15)10-13(11(2)3)17-12-8-6-5-7-9-12/h5-10H,2,4H2,1,3H3. The molecule has 1 aromatic rings. The lowest BCUT2D eigenvalue weighted by atomic mass is 10.3. The quantitative estimate of drug-likeness (QED) is 0.343. The van der Waals surface area contributed by atoms with E-state index < -0.39 is 0 Å². The Kier molecular flexibility index (Phi) is 5.57. The van der Waals surface area contributed by atoms with Crippen molar-refractivity contribution in [3.05, 3.63) is 53.5 Å². The van der Waals surface area contributed by atoms with Gasteiger partial charge in [-0.15, -0.1) is 0 Å². The number of ether oxygens (including phenoxy) is 1. The van der Waals surface area contributed by atoms with E-state index in [4.69, 9.17) is 4.74 Å². The summed E-state index contributed by atoms with van der Waals surface area (Å²) >= 11 is 1.51. The molecule has 0 amide bonds. The number of benzene rings is 1. The number of hydrogen-bond donors (Lipinski definition) is 0. The molecule has 0 unspecified atom stereocenters. The SMILES string of the molecule is C=C(C)C(=CC(=O)OCC)Sc1ccccc1. The van der Waals surface area contributed by atoms with Gasteiger partial charge in [0, 0.05) is 15.9 Å². The van der Waals surface area contributed by atoms with Gasteiger partial charge in [-0.25, -0.2) is 4.79 Å². The minimum Gasteiger partial charge on any atom is -0.463 e. The Bertz CT molecular complexity index is 421. The third-order valence-electron chi connectivity index (χ3n) is 1.93. The number of carbonyl (C=O) groups excluding carboxylic acids is 1. The molecule has 1 aromatic carbocycles. The van der Waals surface area contributed by atoms with Crippen molar-refractivity contribution >= 4 is 17.7 Å². The molecule has 90 valence electrons. The molecule has 0 fully saturated rings. The minimum absolute atomic E-state index is 0.325. The van der Waals surface area contributed by atoms with E-state index in [-0.39, 0.29) is 5.97 Å². The van der Waals surface area contributed by atoms with Crippen LogP contribution < -0.4 is 0 Å². The Balaban J connectivity index is 2.81. The van der Waals surface area contributed by atoms with Crippen molar-refractivity contribution in [3.63, 3.8) is 0 Å². The van der Waals surface area contributed by atoms with E-state index in [1.54, 1.807) is 6.92 Å². The van der Waals surface area contributed by atoms with Gasteiger partial charge in [0.05, 0.1) is 6.61 Å². The average Bonchev–Trinajstić information content (AvgIpc) is 2.29. The summed E-state index contributed by atoms with van der Waals surface area (Å²) in [7, 11) is 0. The molecule has 0 spiro atoms. The van der Waals surface area contributed by atoms with Crippen LogP contribution in [0.1, 0.15) is 13.8 Å². The highest BCUT2D eigenvalue weighted by Crippen LogP contribution is 2.30. The zero-order chi connectivity index (χ0) is 12.7. The minimum atomic E-state index is -0.325. The number of carbonyl (C=O) groups is 1. The van der Waals surface area contributed by atoms with Gasteiger partial charge in [-0.1, -0.05) is 36.5 Å². The third kappa shape index (κ3) is 4.91. The Morgan fingerprint density at radius 3 is 2.59 bits per heavy atom. The zero-order valence-electron chi connectivity index (χ0n) is 10.1. The van der Waals surface area contributed by atoms with Gasteiger partial charge in [-0.05, 0) is 31.6 Å². The highest BCUT2D eigenvalue weighted by Gasteiger charge is 2.05. The van der Waals surface area contributed by atoms with Crippen LogP contribution >= 0.6 is 11.8 Å². The molecule has 0 heterocycles. The van der Waals surface area contributed by atoms with Crippen LogP contribution in [0.15, 0.2) is 58.4 Å². The monoisotopic (exact) mass is 248 g/mol. The molecule has 0 radical (unpaired) electrons. The normalized spacial score (nSPS) is 11.1. The van der Waals surface area contributed by atoms with E-state index >= 15 is 0 Å². The summed E-state index contributed by atoms with van der Waals surface area (Å²) in [6, 6.07) is 9.87. The molecule has 3 heteroatoms. The first-order chi connectivity index (χ1) is 8.13. The summed E-state index contributed by atoms with van der Waals surface area (Å²) in [4.78, 5) is 13.3. The van der Waals surface area contributed by atoms with Gasteiger partial charge in [0.2, 0.25) is 0 Å². The molecular formula is C14H16O2S. The number of allylic oxidation sites excluding steroid dienone is 1. The zero-order valence-corrected chi connectivity index (χ0v) is 10.9. The maximum absolute atomic E-state index is 11.4. The number of rotatable bonds is 5. The number of hydrogen-bond acceptors (Lipinski definition) is 3. The smallest absolute Gasteiger partial charge is 0.331 e. The Morgan fingerprint density at radius 2 is 2.06 bits per heavy atom. The molecule has 0 saturated carbocycles. The second kappa shape index (κ2) is 6.97. The molecule has 0 aliphatic carbocycles. The van der Waals surface area contributed by atoms with E-state index in [1.807, 2.05) is 37.3 Å². The Morgan fingerprint density at radius 1 is 1.41 bits per heavy atom. The molecule has 17 heavy (non-hydrogen) atoms. The van der Waals surface area contributed by atoms with E-state index in [0.29, 0.717) is 6.61 Å². The van der Waals surface area contributed by atoms with Crippen molar-refractivity contribution in [1.82, 2.24) is 0 Å². The lowest BCUT2D eigenvalue weighted by Gasteiger charge is -2.06. The molecule has 0 bridgehead atoms. The lowest BCUT2D eigenvalue weighted by molar-refractivity contribution is -0.137. The maximum Gasteiger partial charge on any atom is 0.331 e. The van der Waals surface area contributed by atoms with Crippen molar-refractivity contribution in [2.75, 3.05) is 6.61 Å². The van der Waals surface area contributed by atoms with Crippen LogP contribution in [-0.2, 0) is 9.53 Å². The van der Waals surface area contributed by atoms with Gasteiger partial charge >= 0.3 is 5.97 Å². The third-order valence-corrected chi connectivity index (χ3v) is 3.12. The summed E-state index contributed by atoms with van der Waals surface area (Å²) in [5.41, 5.74) is 0.854. The van der Waals surface area contributed by atoms with E-state index in [0.717, 1.165) is 15.4 Å². The fourth-order valence-electron chi connectivity index (χ4n) is 1.15. The molecule has 1 rings (SSSR count). The molecule has 0 saturated heterocycles. The van der Waals surface area contributed by atoms with Crippen LogP contribution in [-0.4, -0.2) is 12.6 Å². The van der Waals surface area contributed by atoms with Gasteiger partial charge in [-0.2, -0.15) is 0 Å². The van der Waals surface area contributed by atoms with Gasteiger partial charge < -0.3 is 4.74 Å². The van der Waals surface area contributed by atoms with Gasteiger partial charge in [0.25, 0.3) is 0 Å². The van der Waals surface area contributed by atoms with Crippen LogP contribution in [0.25, 0.3) is 0 Å². The largest absolute Gasteiger partial charge is 0.463 e. The molecule has 2 nitrogen and oxygen atoms in total. The van der Waals surface area contributed by atoms with Gasteiger partial charge in [-0.3, -0.25) is 0 Å². The first-order valence-corrected chi connectivity index (χ1v) is 6.22. The van der Waals surface area contributed by atoms with Crippen molar-refractivity contribution < 1.29 is 9.53 Å². The fourth-order valence-corrected chi connectivity index (χ4v) is 2.02. The first-order valence-electron chi connectivity index (χ1n) is 5.40. The summed E-state index contributed by atoms with van der Waals surface area (Å²) in [6.45, 7) is 7.92. The van der Waals surface area contributed by atoms with Crippen molar-refractivity contribution in [1.29, 1.82) is 0 Å². The number of esters is 1. The molecule has 0 N–H and O–H groups in total. The van der Waals surface area contributed by atoms with Crippen molar-refractivity contribution in [3.8, 4) is 0 Å². The van der Waals surface area contributed by atoms with Crippen LogP contribution in [0.3, 0.4) is 0 Å². The van der Waals surface area contributed by atoms with Crippen LogP contribution in [0.5, 0.6) is 0 Å². The second-order valence-corrected chi connectivity index (χ2v) is 4.57. The van der Waals surface area contributed by atoms with Crippen LogP contribution in [0.2, 0.25) is 0 Å². The topological polar surface area (TPSA) is 26.3 Å². The highest BCUT2D eigenvalue weighted by molar-refractivity contribution is 8.03. The molecule has 0 aliphatic rings. The first kappa shape index (κ1) is 13.6. The Hall–Kier alpha value is -1.48. The lowest BCUT2D eigenvalue weighted by Crippen LogP contribution is -2.00. The average molecular weight is 248 g/mol. The molecule has 0 aromatic heterocycles. The van der Waals surface area contributed by atoms with Crippen molar-refractivity contribution in [2.45, 2.75) is 18.7 Å². The summed E-state index contributed by atoms with van der Waals surface area (Å²) in [5.74, 6) is -0.325. The Labute approximate surface area is 106 Å². The van der Waals surface area contributed by atoms with Gasteiger partial charge in [0.15, 0.2) is 0 Å². The van der Waals surface area contributed by atoms with E-state index in [9.17, 15) is 4.79 Å². The summed E-state index contributed by atoms with van der Waals surface area (Å²) < 4.78 is 4.89. The molecular weight excluding hydrogens is 232 g/mol. The van der Waals surface area contributed by atoms with Crippen LogP contribution in [0, 0.1) is 0 Å². The maximum atomic E-state index is 11.4. The van der Waals surface area contributed by atoms with Gasteiger partial charge in [0.1, 0.15) is 0 Å².